The molecule has 138 valence electrons. The van der Waals surface area contributed by atoms with Crippen LogP contribution in [0.3, 0.4) is 0 Å². The van der Waals surface area contributed by atoms with E-state index in [2.05, 4.69) is 10.6 Å². The van der Waals surface area contributed by atoms with E-state index < -0.39 is 0 Å². The van der Waals surface area contributed by atoms with Crippen molar-refractivity contribution in [3.8, 4) is 5.75 Å². The van der Waals surface area contributed by atoms with E-state index in [0.29, 0.717) is 18.0 Å². The van der Waals surface area contributed by atoms with E-state index in [9.17, 15) is 9.59 Å². The second kappa shape index (κ2) is 9.04. The normalized spacial score (nSPS) is 10.5. The van der Waals surface area contributed by atoms with Crippen molar-refractivity contribution in [3.05, 3.63) is 53.6 Å². The highest BCUT2D eigenvalue weighted by molar-refractivity contribution is 5.94. The molecule has 0 saturated carbocycles. The molecular weight excluding hydrogens is 328 g/mol. The van der Waals surface area contributed by atoms with Gasteiger partial charge in [-0.3, -0.25) is 9.59 Å². The molecule has 5 heteroatoms. The lowest BCUT2D eigenvalue weighted by Crippen LogP contribution is -2.18. The van der Waals surface area contributed by atoms with Gasteiger partial charge in [0.25, 0.3) is 0 Å². The topological polar surface area (TPSA) is 67.4 Å². The van der Waals surface area contributed by atoms with Crippen molar-refractivity contribution in [2.45, 2.75) is 34.1 Å². The molecule has 2 aromatic rings. The van der Waals surface area contributed by atoms with Gasteiger partial charge in [-0.05, 0) is 55.3 Å². The molecule has 0 aliphatic heterocycles. The van der Waals surface area contributed by atoms with Gasteiger partial charge in [-0.25, -0.2) is 0 Å². The number of amides is 2. The molecule has 0 spiro atoms. The second-order valence-corrected chi connectivity index (χ2v) is 6.62. The Bertz CT molecular complexity index is 785. The van der Waals surface area contributed by atoms with Crippen molar-refractivity contribution in [3.63, 3.8) is 0 Å². The lowest BCUT2D eigenvalue weighted by molar-refractivity contribution is -0.119. The molecule has 0 bridgehead atoms. The van der Waals surface area contributed by atoms with Gasteiger partial charge < -0.3 is 15.4 Å². The molecule has 2 aromatic carbocycles. The van der Waals surface area contributed by atoms with Crippen molar-refractivity contribution in [2.24, 2.45) is 5.92 Å². The third kappa shape index (κ3) is 5.92. The summed E-state index contributed by atoms with van der Waals surface area (Å²) in [6.07, 6.45) is 0.246. The Kier molecular flexibility index (Phi) is 6.78. The number of ether oxygens (including phenoxy) is 1. The van der Waals surface area contributed by atoms with E-state index in [1.807, 2.05) is 45.9 Å². The standard InChI is InChI=1S/C21H26N2O3/c1-14(2)21(25)23-18-7-5-6-17(13-18)22-20(24)10-11-26-19-9-8-15(3)16(4)12-19/h5-9,12-14H,10-11H2,1-4H3,(H,22,24)(H,23,25). The summed E-state index contributed by atoms with van der Waals surface area (Å²) in [5.74, 6) is 0.464. The number of hydrogen-bond donors (Lipinski definition) is 2. The molecule has 0 aromatic heterocycles. The number of aryl methyl sites for hydroxylation is 2. The van der Waals surface area contributed by atoms with E-state index in [1.54, 1.807) is 24.3 Å². The van der Waals surface area contributed by atoms with Gasteiger partial charge in [0.15, 0.2) is 0 Å². The fraction of sp³-hybridized carbons (Fsp3) is 0.333. The molecule has 2 rings (SSSR count). The van der Waals surface area contributed by atoms with Crippen molar-refractivity contribution in [1.29, 1.82) is 0 Å². The molecule has 0 fully saturated rings. The molecule has 2 amide bonds. The molecule has 0 atom stereocenters. The first kappa shape index (κ1) is 19.5. The van der Waals surface area contributed by atoms with Crippen molar-refractivity contribution < 1.29 is 14.3 Å². The van der Waals surface area contributed by atoms with Crippen LogP contribution in [0.15, 0.2) is 42.5 Å². The number of carbonyl (C=O) groups is 2. The molecular formula is C21H26N2O3. The van der Waals surface area contributed by atoms with E-state index in [-0.39, 0.29) is 24.2 Å². The fourth-order valence-electron chi connectivity index (χ4n) is 2.25. The maximum atomic E-state index is 12.1. The predicted molar refractivity (Wildman–Crippen MR) is 105 cm³/mol. The SMILES string of the molecule is Cc1ccc(OCCC(=O)Nc2cccc(NC(=O)C(C)C)c2)cc1C. The zero-order valence-corrected chi connectivity index (χ0v) is 15.8. The number of carbonyl (C=O) groups excluding carboxylic acids is 2. The van der Waals surface area contributed by atoms with Crippen LogP contribution in [0.5, 0.6) is 5.75 Å². The summed E-state index contributed by atoms with van der Waals surface area (Å²) < 4.78 is 5.64. The summed E-state index contributed by atoms with van der Waals surface area (Å²) in [5, 5.41) is 5.64. The number of anilines is 2. The zero-order chi connectivity index (χ0) is 19.1. The molecule has 0 heterocycles. The Balaban J connectivity index is 1.83. The quantitative estimate of drug-likeness (QED) is 0.779. The van der Waals surface area contributed by atoms with E-state index in [1.165, 1.54) is 5.56 Å². The number of benzene rings is 2. The van der Waals surface area contributed by atoms with Crippen LogP contribution < -0.4 is 15.4 Å². The highest BCUT2D eigenvalue weighted by atomic mass is 16.5. The number of hydrogen-bond acceptors (Lipinski definition) is 3. The van der Waals surface area contributed by atoms with Crippen LogP contribution in [-0.2, 0) is 9.59 Å². The molecule has 2 N–H and O–H groups in total. The maximum absolute atomic E-state index is 12.1. The smallest absolute Gasteiger partial charge is 0.227 e. The maximum Gasteiger partial charge on any atom is 0.227 e. The van der Waals surface area contributed by atoms with Gasteiger partial charge in [-0.2, -0.15) is 0 Å². The Morgan fingerprint density at radius 3 is 2.31 bits per heavy atom. The van der Waals surface area contributed by atoms with Gasteiger partial charge in [0.1, 0.15) is 5.75 Å². The van der Waals surface area contributed by atoms with Crippen LogP contribution in [-0.4, -0.2) is 18.4 Å². The third-order valence-electron chi connectivity index (χ3n) is 4.01. The first-order valence-electron chi connectivity index (χ1n) is 8.76. The highest BCUT2D eigenvalue weighted by Gasteiger charge is 2.08. The molecule has 26 heavy (non-hydrogen) atoms. The average Bonchev–Trinajstić information content (AvgIpc) is 2.58. The van der Waals surface area contributed by atoms with Gasteiger partial charge in [0.05, 0.1) is 13.0 Å². The fourth-order valence-corrected chi connectivity index (χ4v) is 2.25. The summed E-state index contributed by atoms with van der Waals surface area (Å²) in [6.45, 7) is 8.04. The largest absolute Gasteiger partial charge is 0.493 e. The van der Waals surface area contributed by atoms with Crippen LogP contribution in [0.25, 0.3) is 0 Å². The lowest BCUT2D eigenvalue weighted by Gasteiger charge is -2.11. The minimum Gasteiger partial charge on any atom is -0.493 e. The summed E-state index contributed by atoms with van der Waals surface area (Å²) in [6, 6.07) is 13.0. The zero-order valence-electron chi connectivity index (χ0n) is 15.8. The van der Waals surface area contributed by atoms with E-state index in [4.69, 9.17) is 4.74 Å². The Hall–Kier alpha value is -2.82. The van der Waals surface area contributed by atoms with Crippen LogP contribution in [0, 0.1) is 19.8 Å². The van der Waals surface area contributed by atoms with E-state index in [0.717, 1.165) is 11.3 Å². The van der Waals surface area contributed by atoms with Crippen molar-refractivity contribution in [2.75, 3.05) is 17.2 Å². The van der Waals surface area contributed by atoms with Crippen molar-refractivity contribution >= 4 is 23.2 Å². The molecule has 0 saturated heterocycles. The molecule has 5 nitrogen and oxygen atoms in total. The van der Waals surface area contributed by atoms with Gasteiger partial charge in [-0.1, -0.05) is 26.0 Å². The lowest BCUT2D eigenvalue weighted by atomic mass is 10.1. The van der Waals surface area contributed by atoms with Gasteiger partial charge >= 0.3 is 0 Å². The molecule has 0 unspecified atom stereocenters. The summed E-state index contributed by atoms with van der Waals surface area (Å²) in [5.41, 5.74) is 3.67. The Morgan fingerprint density at radius 1 is 0.962 bits per heavy atom. The van der Waals surface area contributed by atoms with Crippen LogP contribution in [0.2, 0.25) is 0 Å². The highest BCUT2D eigenvalue weighted by Crippen LogP contribution is 2.18. The first-order valence-corrected chi connectivity index (χ1v) is 8.76. The minimum atomic E-state index is -0.138. The molecule has 0 aliphatic rings. The summed E-state index contributed by atoms with van der Waals surface area (Å²) >= 11 is 0. The first-order chi connectivity index (χ1) is 12.3. The summed E-state index contributed by atoms with van der Waals surface area (Å²) in [7, 11) is 0. The average molecular weight is 354 g/mol. The summed E-state index contributed by atoms with van der Waals surface area (Å²) in [4.78, 5) is 23.8. The van der Waals surface area contributed by atoms with Crippen LogP contribution in [0.4, 0.5) is 11.4 Å². The minimum absolute atomic E-state index is 0.0599. The van der Waals surface area contributed by atoms with Crippen LogP contribution in [0.1, 0.15) is 31.4 Å². The van der Waals surface area contributed by atoms with Crippen molar-refractivity contribution in [1.82, 2.24) is 0 Å². The number of rotatable bonds is 7. The van der Waals surface area contributed by atoms with Gasteiger partial charge in [0.2, 0.25) is 11.8 Å². The van der Waals surface area contributed by atoms with E-state index >= 15 is 0 Å². The molecule has 0 radical (unpaired) electrons. The third-order valence-corrected chi connectivity index (χ3v) is 4.01. The second-order valence-electron chi connectivity index (χ2n) is 6.62. The molecule has 0 aliphatic carbocycles. The van der Waals surface area contributed by atoms with Gasteiger partial charge in [-0.15, -0.1) is 0 Å². The predicted octanol–water partition coefficient (Wildman–Crippen LogP) is 4.31. The monoisotopic (exact) mass is 354 g/mol. The Labute approximate surface area is 154 Å². The number of nitrogens with one attached hydrogen (secondary N) is 2. The van der Waals surface area contributed by atoms with Crippen LogP contribution >= 0.6 is 0 Å². The Morgan fingerprint density at radius 2 is 1.65 bits per heavy atom. The van der Waals surface area contributed by atoms with Gasteiger partial charge in [0, 0.05) is 17.3 Å².